The lowest BCUT2D eigenvalue weighted by atomic mass is 10.1. The first-order valence-electron chi connectivity index (χ1n) is 8.21. The first-order valence-corrected chi connectivity index (χ1v) is 9.47. The summed E-state index contributed by atoms with van der Waals surface area (Å²) in [5, 5.41) is 10.6. The number of carbonyl (C=O) groups excluding carboxylic acids is 2. The van der Waals surface area contributed by atoms with E-state index in [0.29, 0.717) is 22.4 Å². The van der Waals surface area contributed by atoms with E-state index in [0.717, 1.165) is 12.0 Å². The average Bonchev–Trinajstić information content (AvgIpc) is 3.13. The van der Waals surface area contributed by atoms with Gasteiger partial charge in [0.1, 0.15) is 5.69 Å². The molecule has 0 aliphatic heterocycles. The van der Waals surface area contributed by atoms with Gasteiger partial charge in [-0.05, 0) is 36.2 Å². The molecule has 27 heavy (non-hydrogen) atoms. The Morgan fingerprint density at radius 1 is 1.00 bits per heavy atom. The summed E-state index contributed by atoms with van der Waals surface area (Å²) >= 11 is 6.99. The fourth-order valence-electron chi connectivity index (χ4n) is 2.28. The van der Waals surface area contributed by atoms with Crippen molar-refractivity contribution in [2.24, 2.45) is 0 Å². The Balaban J connectivity index is 1.47. The average molecular weight is 401 g/mol. The summed E-state index contributed by atoms with van der Waals surface area (Å²) < 4.78 is 0. The van der Waals surface area contributed by atoms with E-state index in [1.165, 1.54) is 11.3 Å². The van der Waals surface area contributed by atoms with Gasteiger partial charge in [-0.25, -0.2) is 9.78 Å². The molecular formula is C19H17ClN4O2S. The highest BCUT2D eigenvalue weighted by Gasteiger charge is 2.12. The zero-order valence-corrected chi connectivity index (χ0v) is 15.8. The maximum absolute atomic E-state index is 12.1. The summed E-state index contributed by atoms with van der Waals surface area (Å²) in [6.07, 6.45) is 0.741. The highest BCUT2D eigenvalue weighted by Crippen LogP contribution is 2.17. The Bertz CT molecular complexity index is 913. The second kappa shape index (κ2) is 9.16. The zero-order valence-electron chi connectivity index (χ0n) is 14.2. The van der Waals surface area contributed by atoms with Crippen LogP contribution in [0.4, 0.5) is 15.6 Å². The second-order valence-electron chi connectivity index (χ2n) is 5.62. The van der Waals surface area contributed by atoms with E-state index in [2.05, 4.69) is 20.9 Å². The van der Waals surface area contributed by atoms with Crippen LogP contribution in [0.3, 0.4) is 0 Å². The molecule has 6 nitrogen and oxygen atoms in total. The summed E-state index contributed by atoms with van der Waals surface area (Å²) in [6.45, 7) is 0.514. The number of anilines is 2. The van der Waals surface area contributed by atoms with E-state index >= 15 is 0 Å². The quantitative estimate of drug-likeness (QED) is 0.573. The van der Waals surface area contributed by atoms with Crippen LogP contribution in [0.15, 0.2) is 60.0 Å². The molecule has 0 radical (unpaired) electrons. The summed E-state index contributed by atoms with van der Waals surface area (Å²) in [6, 6.07) is 16.2. The fraction of sp³-hybridized carbons (Fsp3) is 0.105. The van der Waals surface area contributed by atoms with Gasteiger partial charge in [0.25, 0.3) is 5.91 Å². The Morgan fingerprint density at radius 3 is 2.48 bits per heavy atom. The van der Waals surface area contributed by atoms with Crippen LogP contribution in [-0.4, -0.2) is 23.5 Å². The van der Waals surface area contributed by atoms with Crippen LogP contribution < -0.4 is 16.0 Å². The van der Waals surface area contributed by atoms with Gasteiger partial charge in [0.2, 0.25) is 0 Å². The van der Waals surface area contributed by atoms with Gasteiger partial charge in [-0.1, -0.05) is 41.9 Å². The topological polar surface area (TPSA) is 83.1 Å². The van der Waals surface area contributed by atoms with Gasteiger partial charge in [-0.15, -0.1) is 11.3 Å². The minimum Gasteiger partial charge on any atom is -0.350 e. The number of hydrogen-bond acceptors (Lipinski definition) is 4. The summed E-state index contributed by atoms with van der Waals surface area (Å²) in [5.74, 6) is -0.270. The Kier molecular flexibility index (Phi) is 6.40. The lowest BCUT2D eigenvalue weighted by molar-refractivity contribution is 0.0950. The van der Waals surface area contributed by atoms with Gasteiger partial charge < -0.3 is 10.6 Å². The maximum Gasteiger partial charge on any atom is 0.325 e. The van der Waals surface area contributed by atoms with Crippen LogP contribution in [0.2, 0.25) is 5.02 Å². The van der Waals surface area contributed by atoms with Crippen molar-refractivity contribution in [3.05, 3.63) is 76.3 Å². The number of nitrogens with one attached hydrogen (secondary N) is 3. The van der Waals surface area contributed by atoms with Crippen molar-refractivity contribution in [1.82, 2.24) is 10.3 Å². The molecule has 0 spiro atoms. The minimum absolute atomic E-state index is 0.270. The van der Waals surface area contributed by atoms with Crippen molar-refractivity contribution < 1.29 is 9.59 Å². The van der Waals surface area contributed by atoms with Gasteiger partial charge in [-0.2, -0.15) is 0 Å². The lowest BCUT2D eigenvalue weighted by Crippen LogP contribution is -2.26. The van der Waals surface area contributed by atoms with Crippen LogP contribution in [0.25, 0.3) is 0 Å². The molecule has 138 valence electrons. The number of urea groups is 1. The molecule has 3 amide bonds. The lowest BCUT2D eigenvalue weighted by Gasteiger charge is -2.05. The predicted octanol–water partition coefficient (Wildman–Crippen LogP) is 4.41. The monoisotopic (exact) mass is 400 g/mol. The first kappa shape index (κ1) is 18.9. The summed E-state index contributed by atoms with van der Waals surface area (Å²) in [7, 11) is 0. The molecule has 3 rings (SSSR count). The second-order valence-corrected chi connectivity index (χ2v) is 6.91. The van der Waals surface area contributed by atoms with Crippen LogP contribution >= 0.6 is 22.9 Å². The number of carbonyl (C=O) groups is 2. The number of amides is 3. The highest BCUT2D eigenvalue weighted by molar-refractivity contribution is 7.14. The minimum atomic E-state index is -0.442. The molecule has 0 saturated carbocycles. The molecule has 3 N–H and O–H groups in total. The van der Waals surface area contributed by atoms with E-state index < -0.39 is 6.03 Å². The zero-order chi connectivity index (χ0) is 19.1. The largest absolute Gasteiger partial charge is 0.350 e. The highest BCUT2D eigenvalue weighted by atomic mass is 35.5. The van der Waals surface area contributed by atoms with Crippen LogP contribution in [-0.2, 0) is 6.42 Å². The van der Waals surface area contributed by atoms with Gasteiger partial charge in [-0.3, -0.25) is 10.1 Å². The third kappa shape index (κ3) is 5.80. The molecule has 0 unspecified atom stereocenters. The summed E-state index contributed by atoms with van der Waals surface area (Å²) in [4.78, 5) is 28.3. The maximum atomic E-state index is 12.1. The van der Waals surface area contributed by atoms with Crippen LogP contribution in [0.5, 0.6) is 0 Å². The number of rotatable bonds is 6. The van der Waals surface area contributed by atoms with E-state index in [4.69, 9.17) is 11.6 Å². The molecule has 8 heteroatoms. The normalized spacial score (nSPS) is 10.3. The van der Waals surface area contributed by atoms with Gasteiger partial charge in [0, 0.05) is 22.6 Å². The fourth-order valence-corrected chi connectivity index (χ4v) is 3.10. The Hall–Kier alpha value is -2.90. The molecule has 0 aliphatic rings. The number of nitrogens with zero attached hydrogens (tertiary/aromatic N) is 1. The van der Waals surface area contributed by atoms with Gasteiger partial charge >= 0.3 is 6.03 Å². The summed E-state index contributed by atoms with van der Waals surface area (Å²) in [5.41, 5.74) is 2.03. The molecule has 0 bridgehead atoms. The first-order chi connectivity index (χ1) is 13.1. The predicted molar refractivity (Wildman–Crippen MR) is 109 cm³/mol. The standard InChI is InChI=1S/C19H17ClN4O2S/c20-14-6-8-15(9-7-14)22-18(26)24-19-23-16(12-27-19)17(25)21-11-10-13-4-2-1-3-5-13/h1-9,12H,10-11H2,(H,21,25)(H2,22,23,24,26). The number of halogens is 1. The molecule has 1 aromatic heterocycles. The number of hydrogen-bond donors (Lipinski definition) is 3. The Morgan fingerprint density at radius 2 is 1.74 bits per heavy atom. The van der Waals surface area contributed by atoms with Crippen molar-refractivity contribution >= 4 is 45.7 Å². The molecule has 2 aromatic carbocycles. The molecule has 1 heterocycles. The van der Waals surface area contributed by atoms with E-state index in [-0.39, 0.29) is 11.6 Å². The van der Waals surface area contributed by atoms with Crippen molar-refractivity contribution in [3.63, 3.8) is 0 Å². The van der Waals surface area contributed by atoms with E-state index in [1.54, 1.807) is 29.6 Å². The molecule has 3 aromatic rings. The number of thiazole rings is 1. The van der Waals surface area contributed by atoms with Crippen molar-refractivity contribution in [2.45, 2.75) is 6.42 Å². The number of benzene rings is 2. The SMILES string of the molecule is O=C(Nc1ccc(Cl)cc1)Nc1nc(C(=O)NCCc2ccccc2)cs1. The van der Waals surface area contributed by atoms with Crippen LogP contribution in [0, 0.1) is 0 Å². The molecule has 0 atom stereocenters. The third-order valence-corrected chi connectivity index (χ3v) is 4.61. The molecule has 0 aliphatic carbocycles. The molecule has 0 fully saturated rings. The molecule has 0 saturated heterocycles. The van der Waals surface area contributed by atoms with Crippen molar-refractivity contribution in [2.75, 3.05) is 17.2 Å². The van der Waals surface area contributed by atoms with Crippen molar-refractivity contribution in [3.8, 4) is 0 Å². The van der Waals surface area contributed by atoms with Crippen molar-refractivity contribution in [1.29, 1.82) is 0 Å². The Labute approximate surface area is 165 Å². The third-order valence-electron chi connectivity index (χ3n) is 3.60. The molecular weight excluding hydrogens is 384 g/mol. The smallest absolute Gasteiger partial charge is 0.325 e. The van der Waals surface area contributed by atoms with E-state index in [9.17, 15) is 9.59 Å². The number of aromatic nitrogens is 1. The van der Waals surface area contributed by atoms with E-state index in [1.807, 2.05) is 30.3 Å². The van der Waals surface area contributed by atoms with Gasteiger partial charge in [0.15, 0.2) is 5.13 Å². The van der Waals surface area contributed by atoms with Crippen LogP contribution in [0.1, 0.15) is 16.1 Å². The van der Waals surface area contributed by atoms with Gasteiger partial charge in [0.05, 0.1) is 0 Å².